The van der Waals surface area contributed by atoms with Gasteiger partial charge < -0.3 is 5.73 Å². The molecule has 0 amide bonds. The summed E-state index contributed by atoms with van der Waals surface area (Å²) < 4.78 is 37.8. The summed E-state index contributed by atoms with van der Waals surface area (Å²) in [7, 11) is 0. The highest BCUT2D eigenvalue weighted by molar-refractivity contribution is 5.85. The van der Waals surface area contributed by atoms with Gasteiger partial charge in [-0.2, -0.15) is 0 Å². The summed E-state index contributed by atoms with van der Waals surface area (Å²) in [6, 6.07) is 0. The highest BCUT2D eigenvalue weighted by atomic mass is 35.5. The van der Waals surface area contributed by atoms with Gasteiger partial charge in [-0.15, -0.1) is 12.4 Å². The zero-order valence-corrected chi connectivity index (χ0v) is 7.42. The summed E-state index contributed by atoms with van der Waals surface area (Å²) in [5.41, 5.74) is 5.20. The van der Waals surface area contributed by atoms with Crippen molar-refractivity contribution in [2.24, 2.45) is 11.7 Å². The van der Waals surface area contributed by atoms with E-state index in [0.29, 0.717) is 0 Å². The molecule has 0 aromatic rings. The van der Waals surface area contributed by atoms with E-state index in [2.05, 4.69) is 0 Å². The van der Waals surface area contributed by atoms with Crippen molar-refractivity contribution in [1.29, 1.82) is 0 Å². The van der Waals surface area contributed by atoms with Crippen LogP contribution < -0.4 is 5.73 Å². The van der Waals surface area contributed by atoms with Gasteiger partial charge in [-0.3, -0.25) is 0 Å². The number of hydrogen-bond acceptors (Lipinski definition) is 1. The fraction of sp³-hybridized carbons (Fsp3) is 1.00. The molecule has 0 spiro atoms. The summed E-state index contributed by atoms with van der Waals surface area (Å²) in [4.78, 5) is 0. The van der Waals surface area contributed by atoms with Crippen LogP contribution in [0, 0.1) is 5.92 Å². The first-order chi connectivity index (χ1) is 5.05. The normalized spacial score (nSPS) is 34.0. The lowest BCUT2D eigenvalue weighted by molar-refractivity contribution is -0.0744. The molecule has 2 atom stereocenters. The van der Waals surface area contributed by atoms with Crippen molar-refractivity contribution in [3.63, 3.8) is 0 Å². The molecule has 0 aromatic carbocycles. The lowest BCUT2D eigenvalue weighted by Crippen LogP contribution is -2.37. The van der Waals surface area contributed by atoms with Crippen LogP contribution in [0.4, 0.5) is 13.2 Å². The Morgan fingerprint density at radius 3 is 2.42 bits per heavy atom. The Morgan fingerprint density at radius 1 is 1.42 bits per heavy atom. The van der Waals surface area contributed by atoms with Crippen molar-refractivity contribution in [2.75, 3.05) is 6.54 Å². The van der Waals surface area contributed by atoms with Crippen molar-refractivity contribution in [3.8, 4) is 0 Å². The average Bonchev–Trinajstić information content (AvgIpc) is 1.86. The third-order valence-electron chi connectivity index (χ3n) is 2.19. The fourth-order valence-corrected chi connectivity index (χ4v) is 1.40. The minimum Gasteiger partial charge on any atom is -0.330 e. The predicted molar refractivity (Wildman–Crippen MR) is 43.5 cm³/mol. The van der Waals surface area contributed by atoms with Gasteiger partial charge in [-0.25, -0.2) is 13.2 Å². The van der Waals surface area contributed by atoms with Crippen LogP contribution in [0.1, 0.15) is 19.3 Å². The second-order valence-corrected chi connectivity index (χ2v) is 3.11. The third-order valence-corrected chi connectivity index (χ3v) is 2.19. The van der Waals surface area contributed by atoms with Gasteiger partial charge in [0, 0.05) is 18.8 Å². The zero-order chi connectivity index (χ0) is 8.48. The van der Waals surface area contributed by atoms with E-state index in [-0.39, 0.29) is 37.7 Å². The molecule has 0 aromatic heterocycles. The van der Waals surface area contributed by atoms with Gasteiger partial charge in [-0.1, -0.05) is 0 Å². The summed E-state index contributed by atoms with van der Waals surface area (Å²) in [5.74, 6) is -3.15. The molecule has 0 heterocycles. The molecule has 1 nitrogen and oxygen atoms in total. The second-order valence-electron chi connectivity index (χ2n) is 3.11. The van der Waals surface area contributed by atoms with Crippen molar-refractivity contribution in [2.45, 2.75) is 31.4 Å². The van der Waals surface area contributed by atoms with Crippen LogP contribution in [0.25, 0.3) is 0 Å². The molecule has 0 radical (unpaired) electrons. The molecule has 1 aliphatic rings. The topological polar surface area (TPSA) is 26.0 Å². The van der Waals surface area contributed by atoms with Crippen molar-refractivity contribution in [3.05, 3.63) is 0 Å². The molecule has 12 heavy (non-hydrogen) atoms. The molecule has 74 valence electrons. The summed E-state index contributed by atoms with van der Waals surface area (Å²) in [6.07, 6.45) is -2.06. The maximum Gasteiger partial charge on any atom is 0.250 e. The lowest BCUT2D eigenvalue weighted by atomic mass is 9.85. The smallest absolute Gasteiger partial charge is 0.250 e. The Bertz CT molecular complexity index is 143. The number of hydrogen-bond donors (Lipinski definition) is 1. The summed E-state index contributed by atoms with van der Waals surface area (Å²) in [6.45, 7) is 0.178. The first-order valence-electron chi connectivity index (χ1n) is 3.77. The van der Waals surface area contributed by atoms with Crippen molar-refractivity contribution < 1.29 is 13.2 Å². The SMILES string of the molecule is Cl.NC[C@H]1CCC(F)(F)C[C@H]1F. The van der Waals surface area contributed by atoms with E-state index in [4.69, 9.17) is 5.73 Å². The number of rotatable bonds is 1. The monoisotopic (exact) mass is 203 g/mol. The Kier molecular flexibility index (Phi) is 4.34. The van der Waals surface area contributed by atoms with Crippen molar-refractivity contribution >= 4 is 12.4 Å². The molecule has 1 fully saturated rings. The average molecular weight is 204 g/mol. The number of alkyl halides is 3. The van der Waals surface area contributed by atoms with Crippen LogP contribution >= 0.6 is 12.4 Å². The Balaban J connectivity index is 0.00000121. The van der Waals surface area contributed by atoms with Crippen LogP contribution in [0.2, 0.25) is 0 Å². The molecule has 1 saturated carbocycles. The van der Waals surface area contributed by atoms with E-state index < -0.39 is 18.5 Å². The molecular weight excluding hydrogens is 191 g/mol. The fourth-order valence-electron chi connectivity index (χ4n) is 1.40. The van der Waals surface area contributed by atoms with E-state index >= 15 is 0 Å². The van der Waals surface area contributed by atoms with E-state index in [0.717, 1.165) is 0 Å². The van der Waals surface area contributed by atoms with Crippen LogP contribution in [-0.2, 0) is 0 Å². The highest BCUT2D eigenvalue weighted by Gasteiger charge is 2.40. The quantitative estimate of drug-likeness (QED) is 0.694. The van der Waals surface area contributed by atoms with Gasteiger partial charge >= 0.3 is 0 Å². The van der Waals surface area contributed by atoms with E-state index in [9.17, 15) is 13.2 Å². The highest BCUT2D eigenvalue weighted by Crippen LogP contribution is 2.37. The molecule has 5 heteroatoms. The van der Waals surface area contributed by atoms with Gasteiger partial charge in [0.05, 0.1) is 0 Å². The zero-order valence-electron chi connectivity index (χ0n) is 6.60. The minimum atomic E-state index is -2.80. The lowest BCUT2D eigenvalue weighted by Gasteiger charge is -2.30. The van der Waals surface area contributed by atoms with Gasteiger partial charge in [0.15, 0.2) is 0 Å². The molecule has 1 aliphatic carbocycles. The molecule has 1 rings (SSSR count). The molecule has 2 N–H and O–H groups in total. The Hall–Kier alpha value is 0.0400. The first-order valence-corrected chi connectivity index (χ1v) is 3.77. The molecular formula is C7H13ClF3N. The van der Waals surface area contributed by atoms with Gasteiger partial charge in [0.2, 0.25) is 0 Å². The summed E-state index contributed by atoms with van der Waals surface area (Å²) >= 11 is 0. The van der Waals surface area contributed by atoms with Gasteiger partial charge in [-0.05, 0) is 13.0 Å². The molecule has 0 saturated heterocycles. The van der Waals surface area contributed by atoms with Gasteiger partial charge in [0.1, 0.15) is 6.17 Å². The van der Waals surface area contributed by atoms with Crippen LogP contribution in [-0.4, -0.2) is 18.6 Å². The van der Waals surface area contributed by atoms with Crippen LogP contribution in [0.5, 0.6) is 0 Å². The Morgan fingerprint density at radius 2 is 2.00 bits per heavy atom. The van der Waals surface area contributed by atoms with E-state index in [1.807, 2.05) is 0 Å². The molecule has 0 unspecified atom stereocenters. The second kappa shape index (κ2) is 4.33. The molecule has 0 bridgehead atoms. The van der Waals surface area contributed by atoms with E-state index in [1.165, 1.54) is 0 Å². The largest absolute Gasteiger partial charge is 0.330 e. The van der Waals surface area contributed by atoms with E-state index in [1.54, 1.807) is 0 Å². The standard InChI is InChI=1S/C7H12F3N.ClH/c8-6-3-7(9,10)2-1-5(6)4-11;/h5-6H,1-4,11H2;1H/t5-,6-;/m1./s1. The number of nitrogens with two attached hydrogens (primary N) is 1. The van der Waals surface area contributed by atoms with Crippen LogP contribution in [0.3, 0.4) is 0 Å². The Labute approximate surface area is 75.9 Å². The number of halogens is 4. The third kappa shape index (κ3) is 2.83. The van der Waals surface area contributed by atoms with Crippen LogP contribution in [0.15, 0.2) is 0 Å². The maximum atomic E-state index is 12.8. The summed E-state index contributed by atoms with van der Waals surface area (Å²) in [5, 5.41) is 0. The maximum absolute atomic E-state index is 12.8. The van der Waals surface area contributed by atoms with Gasteiger partial charge in [0.25, 0.3) is 5.92 Å². The first kappa shape index (κ1) is 12.0. The minimum absolute atomic E-state index is 0. The van der Waals surface area contributed by atoms with Crippen molar-refractivity contribution in [1.82, 2.24) is 0 Å². The predicted octanol–water partition coefficient (Wildman–Crippen LogP) is 2.14. The molecule has 0 aliphatic heterocycles.